The fourth-order valence-electron chi connectivity index (χ4n) is 1.71. The number of halogens is 2. The quantitative estimate of drug-likeness (QED) is 0.469. The molecule has 2 rings (SSSR count). The Morgan fingerprint density at radius 2 is 1.38 bits per heavy atom. The second kappa shape index (κ2) is 16.6. The van der Waals surface area contributed by atoms with Crippen LogP contribution < -0.4 is 0 Å². The minimum atomic E-state index is -0.588. The van der Waals surface area contributed by atoms with Gasteiger partial charge in [-0.1, -0.05) is 23.2 Å². The Hall–Kier alpha value is -2.38. The van der Waals surface area contributed by atoms with Gasteiger partial charge in [-0.25, -0.2) is 14.8 Å². The van der Waals surface area contributed by atoms with E-state index in [0.717, 1.165) is 11.1 Å². The number of hydrogen-bond acceptors (Lipinski definition) is 7. The van der Waals surface area contributed by atoms with Gasteiger partial charge in [-0.3, -0.25) is 4.79 Å². The summed E-state index contributed by atoms with van der Waals surface area (Å²) in [7, 11) is 0. The zero-order chi connectivity index (χ0) is 22.1. The highest BCUT2D eigenvalue weighted by molar-refractivity contribution is 6.29. The first-order valence-electron chi connectivity index (χ1n) is 8.96. The molecular weight excluding hydrogens is 419 g/mol. The van der Waals surface area contributed by atoms with Gasteiger partial charge in [-0.15, -0.1) is 0 Å². The maximum Gasteiger partial charge on any atom is 0.508 e. The molecule has 0 spiro atoms. The number of esters is 1. The molecule has 0 amide bonds. The van der Waals surface area contributed by atoms with Crippen molar-refractivity contribution in [3.05, 3.63) is 58.1 Å². The van der Waals surface area contributed by atoms with Crippen LogP contribution in [0.1, 0.15) is 31.9 Å². The van der Waals surface area contributed by atoms with Gasteiger partial charge in [0.25, 0.3) is 0 Å². The molecule has 0 N–H and O–H groups in total. The van der Waals surface area contributed by atoms with Gasteiger partial charge < -0.3 is 14.2 Å². The van der Waals surface area contributed by atoms with Crippen LogP contribution in [0.3, 0.4) is 0 Å². The second-order valence-corrected chi connectivity index (χ2v) is 6.02. The Kier molecular flexibility index (Phi) is 15.2. The minimum absolute atomic E-state index is 0.246. The molecule has 0 fully saturated rings. The average molecular weight is 445 g/mol. The molecule has 29 heavy (non-hydrogen) atoms. The van der Waals surface area contributed by atoms with E-state index < -0.39 is 6.16 Å². The van der Waals surface area contributed by atoms with Crippen LogP contribution in [0.25, 0.3) is 0 Å². The zero-order valence-corrected chi connectivity index (χ0v) is 18.5. The molecule has 7 nitrogen and oxygen atoms in total. The molecule has 2 aromatic rings. The number of pyridine rings is 2. The molecule has 0 aliphatic heterocycles. The van der Waals surface area contributed by atoms with Crippen molar-refractivity contribution >= 4 is 35.3 Å². The minimum Gasteiger partial charge on any atom is -0.466 e. The Morgan fingerprint density at radius 1 is 0.862 bits per heavy atom. The van der Waals surface area contributed by atoms with Crippen LogP contribution in [-0.2, 0) is 25.4 Å². The van der Waals surface area contributed by atoms with Gasteiger partial charge in [0.2, 0.25) is 0 Å². The number of aromatic nitrogens is 2. The highest BCUT2D eigenvalue weighted by atomic mass is 35.5. The first-order valence-corrected chi connectivity index (χ1v) is 9.71. The molecule has 0 bridgehead atoms. The molecule has 2 aromatic heterocycles. The normalized spacial score (nSPS) is 9.17. The van der Waals surface area contributed by atoms with E-state index in [1.165, 1.54) is 0 Å². The fraction of sp³-hybridized carbons (Fsp3) is 0.400. The monoisotopic (exact) mass is 444 g/mol. The Balaban J connectivity index is 0.000000427. The van der Waals surface area contributed by atoms with Crippen molar-refractivity contribution in [2.75, 3.05) is 19.8 Å². The topological polar surface area (TPSA) is 87.6 Å². The van der Waals surface area contributed by atoms with Gasteiger partial charge in [0.05, 0.1) is 26.2 Å². The number of carbonyl (C=O) groups excluding carboxylic acids is 2. The number of rotatable bonds is 5. The lowest BCUT2D eigenvalue weighted by Crippen LogP contribution is -2.07. The molecule has 0 aliphatic rings. The van der Waals surface area contributed by atoms with E-state index in [1.807, 2.05) is 19.1 Å². The van der Waals surface area contributed by atoms with Crippen molar-refractivity contribution in [3.63, 3.8) is 0 Å². The lowest BCUT2D eigenvalue weighted by atomic mass is 10.2. The molecule has 0 atom stereocenters. The second-order valence-electron chi connectivity index (χ2n) is 5.24. The summed E-state index contributed by atoms with van der Waals surface area (Å²) in [5.74, 6) is -0.246. The summed E-state index contributed by atoms with van der Waals surface area (Å²) in [6, 6.07) is 7.12. The van der Waals surface area contributed by atoms with Crippen LogP contribution >= 0.6 is 23.2 Å². The van der Waals surface area contributed by atoms with Crippen LogP contribution in [0, 0.1) is 6.92 Å². The molecule has 0 radical (unpaired) electrons. The zero-order valence-electron chi connectivity index (χ0n) is 17.0. The molecule has 0 aromatic carbocycles. The van der Waals surface area contributed by atoms with Crippen molar-refractivity contribution in [1.82, 2.24) is 9.97 Å². The summed E-state index contributed by atoms with van der Waals surface area (Å²) in [6.07, 6.45) is 2.92. The third-order valence-corrected chi connectivity index (χ3v) is 3.26. The maximum atomic E-state index is 11.0. The van der Waals surface area contributed by atoms with E-state index in [4.69, 9.17) is 27.9 Å². The Labute approximate surface area is 181 Å². The molecule has 2 heterocycles. The molecule has 9 heteroatoms. The fourth-order valence-corrected chi connectivity index (χ4v) is 2.13. The van der Waals surface area contributed by atoms with Gasteiger partial charge in [0.1, 0.15) is 10.3 Å². The highest BCUT2D eigenvalue weighted by Crippen LogP contribution is 2.08. The molecule has 0 saturated heterocycles. The summed E-state index contributed by atoms with van der Waals surface area (Å²) in [5.41, 5.74) is 1.96. The number of nitrogens with zero attached hydrogens (tertiary/aromatic N) is 2. The number of aryl methyl sites for hydroxylation is 1. The van der Waals surface area contributed by atoms with Gasteiger partial charge in [-0.2, -0.15) is 0 Å². The van der Waals surface area contributed by atoms with Crippen molar-refractivity contribution in [3.8, 4) is 0 Å². The summed E-state index contributed by atoms with van der Waals surface area (Å²) in [4.78, 5) is 28.8. The van der Waals surface area contributed by atoms with E-state index in [9.17, 15) is 9.59 Å². The van der Waals surface area contributed by atoms with E-state index in [-0.39, 0.29) is 12.4 Å². The third kappa shape index (κ3) is 15.2. The molecule has 0 aliphatic carbocycles. The molecule has 0 saturated carbocycles. The summed E-state index contributed by atoms with van der Waals surface area (Å²) in [5, 5.41) is 0.951. The molecule has 160 valence electrons. The Bertz CT molecular complexity index is 719. The average Bonchev–Trinajstić information content (AvgIpc) is 2.63. The smallest absolute Gasteiger partial charge is 0.466 e. The van der Waals surface area contributed by atoms with Crippen LogP contribution in [-0.4, -0.2) is 41.9 Å². The van der Waals surface area contributed by atoms with Crippen LogP contribution in [0.15, 0.2) is 36.7 Å². The van der Waals surface area contributed by atoms with E-state index in [2.05, 4.69) is 19.4 Å². The molecular formula is C20H26Cl2N2O5. The highest BCUT2D eigenvalue weighted by Gasteiger charge is 2.03. The summed E-state index contributed by atoms with van der Waals surface area (Å²) >= 11 is 11.2. The van der Waals surface area contributed by atoms with Crippen molar-refractivity contribution in [2.45, 2.75) is 34.1 Å². The van der Waals surface area contributed by atoms with E-state index in [0.29, 0.717) is 30.1 Å². The van der Waals surface area contributed by atoms with Gasteiger partial charge >= 0.3 is 12.1 Å². The lowest BCUT2D eigenvalue weighted by Gasteiger charge is -2.01. The van der Waals surface area contributed by atoms with E-state index >= 15 is 0 Å². The Morgan fingerprint density at radius 3 is 1.79 bits per heavy atom. The number of hydrogen-bond donors (Lipinski definition) is 0. The van der Waals surface area contributed by atoms with Crippen LogP contribution in [0.5, 0.6) is 0 Å². The third-order valence-electron chi connectivity index (χ3n) is 2.85. The summed E-state index contributed by atoms with van der Waals surface area (Å²) in [6.45, 7) is 8.37. The first-order chi connectivity index (χ1) is 13.8. The molecule has 0 unspecified atom stereocenters. The lowest BCUT2D eigenvalue weighted by molar-refractivity contribution is -0.142. The van der Waals surface area contributed by atoms with Gasteiger partial charge in [0.15, 0.2) is 0 Å². The first kappa shape index (κ1) is 26.6. The summed E-state index contributed by atoms with van der Waals surface area (Å²) < 4.78 is 13.6. The van der Waals surface area contributed by atoms with Crippen molar-refractivity contribution < 1.29 is 23.8 Å². The van der Waals surface area contributed by atoms with Crippen molar-refractivity contribution in [2.24, 2.45) is 0 Å². The van der Waals surface area contributed by atoms with Gasteiger partial charge in [0, 0.05) is 12.4 Å². The number of carbonyl (C=O) groups is 2. The van der Waals surface area contributed by atoms with Gasteiger partial charge in [-0.05, 0) is 63.1 Å². The van der Waals surface area contributed by atoms with Crippen LogP contribution in [0.2, 0.25) is 10.3 Å². The van der Waals surface area contributed by atoms with Crippen molar-refractivity contribution in [1.29, 1.82) is 0 Å². The number of ether oxygens (including phenoxy) is 3. The van der Waals surface area contributed by atoms with E-state index in [1.54, 1.807) is 45.3 Å². The predicted molar refractivity (Wildman–Crippen MR) is 112 cm³/mol. The largest absolute Gasteiger partial charge is 0.508 e. The SMILES string of the molecule is CCOC(=O)Cc1ccnc(Cl)c1.CCOC(=O)OCC.Cc1ccnc(Cl)c1. The predicted octanol–water partition coefficient (Wildman–Crippen LogP) is 5.06. The maximum absolute atomic E-state index is 11.0. The standard InChI is InChI=1S/C9H10ClNO2.C6H6ClN.C5H10O3/c1-2-13-9(12)6-7-3-4-11-8(10)5-7;1-5-2-3-8-6(7)4-5;1-3-7-5(6)8-4-2/h3-5H,2,6H2,1H3;2-4H,1H3;3-4H2,1-2H3. The van der Waals surface area contributed by atoms with Crippen LogP contribution in [0.4, 0.5) is 4.79 Å².